The van der Waals surface area contributed by atoms with Crippen molar-refractivity contribution in [3.63, 3.8) is 0 Å². The number of allylic oxidation sites excluding steroid dienone is 9. The van der Waals surface area contributed by atoms with Gasteiger partial charge in [-0.05, 0) is 71.1 Å². The topological polar surface area (TPSA) is 131 Å². The number of amides is 1. The van der Waals surface area contributed by atoms with Crippen molar-refractivity contribution in [2.24, 2.45) is 5.73 Å². The summed E-state index contributed by atoms with van der Waals surface area (Å²) >= 11 is 0. The summed E-state index contributed by atoms with van der Waals surface area (Å²) in [5.41, 5.74) is 5.33. The molecule has 0 aromatic heterocycles. The van der Waals surface area contributed by atoms with E-state index in [0.29, 0.717) is 6.42 Å². The number of phosphoric ester groups is 1. The smallest absolute Gasteiger partial charge is 0.387 e. The summed E-state index contributed by atoms with van der Waals surface area (Å²) in [6.07, 6.45) is 40.0. The maximum atomic E-state index is 12.6. The standard InChI is InChI=1S/C37H67N2O6P/c1-3-5-7-9-11-13-14-15-16-17-18-19-20-21-23-25-27-29-31-37(41)39-35(34-45-46(42,43)44-33-32-38)36(40)30-28-26-24-22-12-10-8-6-4-2/h4,6,12-14,16-17,22,28,30,35-36,40H,3,5,7-11,15,18-21,23-27,29,31-34,38H2,1-2H3,(H,39,41)(H,42,43)/b6-4+,14-13-,17-16-,22-12+,30-28+. The zero-order valence-electron chi connectivity index (χ0n) is 29.0. The maximum Gasteiger partial charge on any atom is 0.472 e. The second-order valence-electron chi connectivity index (χ2n) is 11.7. The summed E-state index contributed by atoms with van der Waals surface area (Å²) in [5, 5.41) is 13.5. The molecule has 3 atom stereocenters. The van der Waals surface area contributed by atoms with E-state index in [9.17, 15) is 19.4 Å². The van der Waals surface area contributed by atoms with E-state index in [1.54, 1.807) is 6.08 Å². The Morgan fingerprint density at radius 1 is 0.761 bits per heavy atom. The highest BCUT2D eigenvalue weighted by atomic mass is 31.2. The summed E-state index contributed by atoms with van der Waals surface area (Å²) in [6.45, 7) is 3.81. The van der Waals surface area contributed by atoms with E-state index in [1.165, 1.54) is 51.4 Å². The van der Waals surface area contributed by atoms with Crippen LogP contribution in [0, 0.1) is 0 Å². The van der Waals surface area contributed by atoms with Gasteiger partial charge in [0, 0.05) is 13.0 Å². The Bertz CT molecular complexity index is 902. The highest BCUT2D eigenvalue weighted by molar-refractivity contribution is 7.47. The van der Waals surface area contributed by atoms with Gasteiger partial charge in [-0.15, -0.1) is 0 Å². The monoisotopic (exact) mass is 666 g/mol. The lowest BCUT2D eigenvalue weighted by Gasteiger charge is -2.23. The van der Waals surface area contributed by atoms with Crippen molar-refractivity contribution in [2.45, 2.75) is 148 Å². The number of aliphatic hydroxyl groups excluding tert-OH is 1. The number of carbonyl (C=O) groups is 1. The van der Waals surface area contributed by atoms with E-state index in [1.807, 2.05) is 19.1 Å². The maximum absolute atomic E-state index is 12.6. The highest BCUT2D eigenvalue weighted by Gasteiger charge is 2.26. The molecule has 266 valence electrons. The van der Waals surface area contributed by atoms with Crippen LogP contribution in [0.2, 0.25) is 0 Å². The number of nitrogens with one attached hydrogen (secondary N) is 1. The van der Waals surface area contributed by atoms with Gasteiger partial charge >= 0.3 is 7.82 Å². The highest BCUT2D eigenvalue weighted by Crippen LogP contribution is 2.43. The van der Waals surface area contributed by atoms with E-state index < -0.39 is 20.0 Å². The fourth-order valence-electron chi connectivity index (χ4n) is 4.67. The SMILES string of the molecule is C/C=C/CC/C=C/CC/C=C/C(O)C(COP(=O)(O)OCCN)NC(=O)CCCCCCCCC/C=C\C/C=C\CCCCCC. The minimum Gasteiger partial charge on any atom is -0.387 e. The Hall–Kier alpha value is -1.80. The van der Waals surface area contributed by atoms with Crippen molar-refractivity contribution < 1.29 is 28.4 Å². The van der Waals surface area contributed by atoms with Crippen molar-refractivity contribution in [1.29, 1.82) is 0 Å². The average molecular weight is 667 g/mol. The summed E-state index contributed by atoms with van der Waals surface area (Å²) in [7, 11) is -4.34. The number of aliphatic hydroxyl groups is 1. The Kier molecular flexibility index (Phi) is 31.8. The van der Waals surface area contributed by atoms with Crippen molar-refractivity contribution in [3.05, 3.63) is 60.8 Å². The van der Waals surface area contributed by atoms with E-state index in [4.69, 9.17) is 14.8 Å². The molecule has 0 aliphatic heterocycles. The normalized spacial score (nSPS) is 15.2. The minimum absolute atomic E-state index is 0.0674. The number of phosphoric acid groups is 1. The number of hydrogen-bond acceptors (Lipinski definition) is 6. The summed E-state index contributed by atoms with van der Waals surface area (Å²) in [6, 6.07) is -0.886. The lowest BCUT2D eigenvalue weighted by Crippen LogP contribution is -2.45. The lowest BCUT2D eigenvalue weighted by molar-refractivity contribution is -0.123. The van der Waals surface area contributed by atoms with Crippen LogP contribution in [-0.4, -0.2) is 47.8 Å². The Labute approximate surface area is 281 Å². The Balaban J connectivity index is 4.30. The third-order valence-corrected chi connectivity index (χ3v) is 8.37. The van der Waals surface area contributed by atoms with Gasteiger partial charge in [0.2, 0.25) is 5.91 Å². The van der Waals surface area contributed by atoms with Gasteiger partial charge in [0.05, 0.1) is 25.4 Å². The first-order valence-corrected chi connectivity index (χ1v) is 19.4. The van der Waals surface area contributed by atoms with Gasteiger partial charge in [0.15, 0.2) is 0 Å². The van der Waals surface area contributed by atoms with Crippen molar-refractivity contribution >= 4 is 13.7 Å². The molecule has 0 aliphatic rings. The minimum atomic E-state index is -4.34. The van der Waals surface area contributed by atoms with Crippen LogP contribution in [0.4, 0.5) is 0 Å². The van der Waals surface area contributed by atoms with E-state index in [2.05, 4.69) is 54.8 Å². The Morgan fingerprint density at radius 2 is 1.30 bits per heavy atom. The van der Waals surface area contributed by atoms with Gasteiger partial charge < -0.3 is 21.1 Å². The lowest BCUT2D eigenvalue weighted by atomic mass is 10.1. The molecule has 0 aliphatic carbocycles. The van der Waals surface area contributed by atoms with Crippen LogP contribution in [0.3, 0.4) is 0 Å². The number of unbranched alkanes of at least 4 members (excludes halogenated alkanes) is 13. The van der Waals surface area contributed by atoms with Gasteiger partial charge in [-0.1, -0.05) is 119 Å². The predicted octanol–water partition coefficient (Wildman–Crippen LogP) is 9.16. The molecule has 0 saturated heterocycles. The van der Waals surface area contributed by atoms with Crippen LogP contribution >= 0.6 is 7.82 Å². The molecule has 0 aromatic rings. The van der Waals surface area contributed by atoms with Gasteiger partial charge in [-0.2, -0.15) is 0 Å². The first-order chi connectivity index (χ1) is 22.4. The molecular formula is C37H67N2O6P. The van der Waals surface area contributed by atoms with Crippen molar-refractivity contribution in [1.82, 2.24) is 5.32 Å². The molecular weight excluding hydrogens is 599 g/mol. The Morgan fingerprint density at radius 3 is 1.91 bits per heavy atom. The molecule has 0 rings (SSSR count). The number of rotatable bonds is 32. The fraction of sp³-hybridized carbons (Fsp3) is 0.703. The van der Waals surface area contributed by atoms with Crippen LogP contribution in [0.1, 0.15) is 136 Å². The van der Waals surface area contributed by atoms with Crippen LogP contribution in [0.25, 0.3) is 0 Å². The third kappa shape index (κ3) is 30.8. The molecule has 0 aromatic carbocycles. The number of carbonyl (C=O) groups excluding carboxylic acids is 1. The molecule has 5 N–H and O–H groups in total. The fourth-order valence-corrected chi connectivity index (χ4v) is 5.43. The van der Waals surface area contributed by atoms with Crippen LogP contribution in [0.15, 0.2) is 60.8 Å². The zero-order chi connectivity index (χ0) is 34.0. The molecule has 9 heteroatoms. The third-order valence-electron chi connectivity index (χ3n) is 7.39. The molecule has 0 bridgehead atoms. The quantitative estimate of drug-likeness (QED) is 0.0320. The second kappa shape index (κ2) is 33.1. The second-order valence-corrected chi connectivity index (χ2v) is 13.2. The van der Waals surface area contributed by atoms with E-state index in [0.717, 1.165) is 64.2 Å². The molecule has 0 fully saturated rings. The van der Waals surface area contributed by atoms with Crippen LogP contribution < -0.4 is 11.1 Å². The van der Waals surface area contributed by atoms with Gasteiger partial charge in [-0.3, -0.25) is 13.8 Å². The zero-order valence-corrected chi connectivity index (χ0v) is 29.9. The molecule has 0 saturated carbocycles. The average Bonchev–Trinajstić information content (AvgIpc) is 3.04. The van der Waals surface area contributed by atoms with Crippen LogP contribution in [0.5, 0.6) is 0 Å². The first-order valence-electron chi connectivity index (χ1n) is 17.9. The molecule has 0 heterocycles. The molecule has 3 unspecified atom stereocenters. The van der Waals surface area contributed by atoms with E-state index in [-0.39, 0.29) is 25.7 Å². The molecule has 0 spiro atoms. The molecule has 8 nitrogen and oxygen atoms in total. The van der Waals surface area contributed by atoms with Gasteiger partial charge in [0.1, 0.15) is 0 Å². The summed E-state index contributed by atoms with van der Waals surface area (Å²) < 4.78 is 21.9. The molecule has 46 heavy (non-hydrogen) atoms. The van der Waals surface area contributed by atoms with Crippen LogP contribution in [-0.2, 0) is 18.4 Å². The molecule has 0 radical (unpaired) electrons. The number of nitrogens with two attached hydrogens (primary N) is 1. The largest absolute Gasteiger partial charge is 0.472 e. The van der Waals surface area contributed by atoms with Gasteiger partial charge in [0.25, 0.3) is 0 Å². The molecule has 1 amide bonds. The van der Waals surface area contributed by atoms with Crippen molar-refractivity contribution in [3.8, 4) is 0 Å². The van der Waals surface area contributed by atoms with Gasteiger partial charge in [-0.25, -0.2) is 4.57 Å². The van der Waals surface area contributed by atoms with E-state index >= 15 is 0 Å². The van der Waals surface area contributed by atoms with Crippen molar-refractivity contribution in [2.75, 3.05) is 19.8 Å². The number of hydrogen-bond donors (Lipinski definition) is 4. The summed E-state index contributed by atoms with van der Waals surface area (Å²) in [4.78, 5) is 22.5. The first kappa shape index (κ1) is 44.2. The summed E-state index contributed by atoms with van der Waals surface area (Å²) in [5.74, 6) is -0.223. The predicted molar refractivity (Wildman–Crippen MR) is 193 cm³/mol.